The minimum Gasteiger partial charge on any atom is -0.367 e. The molecule has 0 aliphatic carbocycles. The molecule has 4 heteroatoms. The van der Waals surface area contributed by atoms with Crippen molar-refractivity contribution in [1.29, 1.82) is 0 Å². The highest BCUT2D eigenvalue weighted by Crippen LogP contribution is 2.37. The number of rotatable bonds is 1. The van der Waals surface area contributed by atoms with E-state index >= 15 is 0 Å². The molecule has 1 spiro atoms. The van der Waals surface area contributed by atoms with Gasteiger partial charge in [0.1, 0.15) is 6.33 Å². The lowest BCUT2D eigenvalue weighted by atomic mass is 9.96. The molecular weight excluding hydrogens is 200 g/mol. The number of aromatic nitrogens is 2. The number of hydrogen-bond donors (Lipinski definition) is 0. The highest BCUT2D eigenvalue weighted by Gasteiger charge is 2.44. The van der Waals surface area contributed by atoms with Gasteiger partial charge < -0.3 is 4.90 Å². The van der Waals surface area contributed by atoms with E-state index in [-0.39, 0.29) is 0 Å². The van der Waals surface area contributed by atoms with Gasteiger partial charge in [-0.3, -0.25) is 4.90 Å². The van der Waals surface area contributed by atoms with Crippen LogP contribution in [0.4, 0.5) is 5.69 Å². The molecule has 0 aromatic carbocycles. The third-order valence-electron chi connectivity index (χ3n) is 4.19. The largest absolute Gasteiger partial charge is 0.367 e. The quantitative estimate of drug-likeness (QED) is 0.708. The van der Waals surface area contributed by atoms with Gasteiger partial charge in [0.25, 0.3) is 0 Å². The van der Waals surface area contributed by atoms with Gasteiger partial charge in [-0.2, -0.15) is 0 Å². The molecule has 1 aromatic rings. The van der Waals surface area contributed by atoms with Crippen LogP contribution in [-0.4, -0.2) is 47.1 Å². The minimum absolute atomic E-state index is 0.426. The molecule has 3 heterocycles. The van der Waals surface area contributed by atoms with E-state index in [4.69, 9.17) is 0 Å². The standard InChI is InChI=1S/C12H18N4/c1-15-5-2-3-12(15)4-6-16(9-12)11-7-13-10-14-8-11/h7-8,10H,2-6,9H2,1H3. The number of hydrogen-bond acceptors (Lipinski definition) is 4. The molecule has 1 aromatic heterocycles. The fraction of sp³-hybridized carbons (Fsp3) is 0.667. The van der Waals surface area contributed by atoms with Gasteiger partial charge in [-0.25, -0.2) is 9.97 Å². The zero-order valence-electron chi connectivity index (χ0n) is 9.76. The summed E-state index contributed by atoms with van der Waals surface area (Å²) in [4.78, 5) is 13.2. The molecule has 4 nitrogen and oxygen atoms in total. The predicted molar refractivity (Wildman–Crippen MR) is 63.5 cm³/mol. The average molecular weight is 218 g/mol. The Balaban J connectivity index is 1.78. The maximum Gasteiger partial charge on any atom is 0.115 e. The van der Waals surface area contributed by atoms with Crippen molar-refractivity contribution in [2.45, 2.75) is 24.8 Å². The second-order valence-corrected chi connectivity index (χ2v) is 5.02. The summed E-state index contributed by atoms with van der Waals surface area (Å²) in [6.45, 7) is 3.52. The molecule has 2 saturated heterocycles. The normalized spacial score (nSPS) is 30.4. The van der Waals surface area contributed by atoms with Crippen molar-refractivity contribution in [2.24, 2.45) is 0 Å². The monoisotopic (exact) mass is 218 g/mol. The average Bonchev–Trinajstić information content (AvgIpc) is 2.90. The first-order chi connectivity index (χ1) is 7.80. The summed E-state index contributed by atoms with van der Waals surface area (Å²) >= 11 is 0. The van der Waals surface area contributed by atoms with Gasteiger partial charge in [-0.05, 0) is 32.9 Å². The van der Waals surface area contributed by atoms with Crippen LogP contribution in [-0.2, 0) is 0 Å². The first-order valence-electron chi connectivity index (χ1n) is 6.01. The van der Waals surface area contributed by atoms with Crippen molar-refractivity contribution < 1.29 is 0 Å². The number of anilines is 1. The molecule has 0 bridgehead atoms. The number of likely N-dealkylation sites (tertiary alicyclic amines) is 1. The molecule has 86 valence electrons. The SMILES string of the molecule is CN1CCCC12CCN(c1cncnc1)C2. The Morgan fingerprint density at radius 1 is 1.19 bits per heavy atom. The fourth-order valence-electron chi connectivity index (χ4n) is 3.12. The van der Waals surface area contributed by atoms with Crippen LogP contribution in [0, 0.1) is 0 Å². The van der Waals surface area contributed by atoms with Crippen molar-refractivity contribution >= 4 is 5.69 Å². The Kier molecular flexibility index (Phi) is 2.32. The molecule has 2 aliphatic heterocycles. The Morgan fingerprint density at radius 3 is 2.69 bits per heavy atom. The van der Waals surface area contributed by atoms with Gasteiger partial charge in [0.05, 0.1) is 18.1 Å². The topological polar surface area (TPSA) is 32.3 Å². The summed E-state index contributed by atoms with van der Waals surface area (Å²) in [6, 6.07) is 0. The molecule has 1 atom stereocenters. The molecule has 0 saturated carbocycles. The lowest BCUT2D eigenvalue weighted by Crippen LogP contribution is -2.43. The maximum absolute atomic E-state index is 4.10. The van der Waals surface area contributed by atoms with Crippen LogP contribution in [0.25, 0.3) is 0 Å². The fourth-order valence-corrected chi connectivity index (χ4v) is 3.12. The highest BCUT2D eigenvalue weighted by molar-refractivity contribution is 5.44. The second-order valence-electron chi connectivity index (χ2n) is 5.02. The summed E-state index contributed by atoms with van der Waals surface area (Å²) in [5.74, 6) is 0. The van der Waals surface area contributed by atoms with Crippen molar-refractivity contribution in [2.75, 3.05) is 31.6 Å². The summed E-state index contributed by atoms with van der Waals surface area (Å²) in [6.07, 6.45) is 9.39. The predicted octanol–water partition coefficient (Wildman–Crippen LogP) is 1.15. The van der Waals surface area contributed by atoms with Gasteiger partial charge in [0, 0.05) is 18.6 Å². The first kappa shape index (κ1) is 10.0. The van der Waals surface area contributed by atoms with Gasteiger partial charge >= 0.3 is 0 Å². The van der Waals surface area contributed by atoms with Crippen LogP contribution in [0.2, 0.25) is 0 Å². The second kappa shape index (κ2) is 3.70. The van der Waals surface area contributed by atoms with Crippen LogP contribution in [0.5, 0.6) is 0 Å². The molecule has 16 heavy (non-hydrogen) atoms. The molecule has 2 fully saturated rings. The van der Waals surface area contributed by atoms with Crippen LogP contribution >= 0.6 is 0 Å². The summed E-state index contributed by atoms with van der Waals surface area (Å²) in [5.41, 5.74) is 1.59. The smallest absolute Gasteiger partial charge is 0.115 e. The molecule has 0 radical (unpaired) electrons. The Morgan fingerprint density at radius 2 is 2.00 bits per heavy atom. The van der Waals surface area contributed by atoms with Crippen molar-refractivity contribution in [3.05, 3.63) is 18.7 Å². The summed E-state index contributed by atoms with van der Waals surface area (Å²) in [5, 5.41) is 0. The zero-order valence-corrected chi connectivity index (χ0v) is 9.76. The van der Waals surface area contributed by atoms with E-state index < -0.39 is 0 Å². The van der Waals surface area contributed by atoms with Crippen molar-refractivity contribution in [3.63, 3.8) is 0 Å². The lowest BCUT2D eigenvalue weighted by Gasteiger charge is -2.32. The van der Waals surface area contributed by atoms with Crippen LogP contribution in [0.1, 0.15) is 19.3 Å². The third kappa shape index (κ3) is 1.48. The van der Waals surface area contributed by atoms with E-state index in [2.05, 4.69) is 26.8 Å². The van der Waals surface area contributed by atoms with E-state index in [0.29, 0.717) is 5.54 Å². The van der Waals surface area contributed by atoms with E-state index in [1.165, 1.54) is 31.5 Å². The maximum atomic E-state index is 4.10. The molecular formula is C12H18N4. The van der Waals surface area contributed by atoms with Crippen molar-refractivity contribution in [3.8, 4) is 0 Å². The number of likely N-dealkylation sites (N-methyl/N-ethyl adjacent to an activating group) is 1. The van der Waals surface area contributed by atoms with E-state index in [9.17, 15) is 0 Å². The van der Waals surface area contributed by atoms with Gasteiger partial charge in [0.15, 0.2) is 0 Å². The van der Waals surface area contributed by atoms with Crippen LogP contribution in [0.15, 0.2) is 18.7 Å². The van der Waals surface area contributed by atoms with Gasteiger partial charge in [-0.1, -0.05) is 0 Å². The summed E-state index contributed by atoms with van der Waals surface area (Å²) < 4.78 is 0. The Bertz CT molecular complexity index is 367. The van der Waals surface area contributed by atoms with Gasteiger partial charge in [0.2, 0.25) is 0 Å². The molecule has 1 unspecified atom stereocenters. The minimum atomic E-state index is 0.426. The highest BCUT2D eigenvalue weighted by atomic mass is 15.3. The molecule has 2 aliphatic rings. The van der Waals surface area contributed by atoms with E-state index in [1.807, 2.05) is 12.4 Å². The first-order valence-corrected chi connectivity index (χ1v) is 6.01. The van der Waals surface area contributed by atoms with E-state index in [1.54, 1.807) is 6.33 Å². The van der Waals surface area contributed by atoms with Crippen molar-refractivity contribution in [1.82, 2.24) is 14.9 Å². The van der Waals surface area contributed by atoms with Gasteiger partial charge in [-0.15, -0.1) is 0 Å². The van der Waals surface area contributed by atoms with Crippen LogP contribution in [0.3, 0.4) is 0 Å². The van der Waals surface area contributed by atoms with E-state index in [0.717, 1.165) is 13.1 Å². The molecule has 0 amide bonds. The Hall–Kier alpha value is -1.16. The Labute approximate surface area is 96.3 Å². The van der Waals surface area contributed by atoms with Crippen LogP contribution < -0.4 is 4.90 Å². The number of nitrogens with zero attached hydrogens (tertiary/aromatic N) is 4. The third-order valence-corrected chi connectivity index (χ3v) is 4.19. The summed E-state index contributed by atoms with van der Waals surface area (Å²) in [7, 11) is 2.26. The zero-order chi connectivity index (χ0) is 11.0. The lowest BCUT2D eigenvalue weighted by molar-refractivity contribution is 0.198. The molecule has 3 rings (SSSR count). The molecule has 0 N–H and O–H groups in total.